The first-order chi connectivity index (χ1) is 9.61. The van der Waals surface area contributed by atoms with Gasteiger partial charge in [-0.2, -0.15) is 0 Å². The minimum Gasteiger partial charge on any atom is -0.391 e. The van der Waals surface area contributed by atoms with Gasteiger partial charge in [0, 0.05) is 13.7 Å². The van der Waals surface area contributed by atoms with Crippen molar-refractivity contribution in [2.75, 3.05) is 33.4 Å². The monoisotopic (exact) mass is 289 g/mol. The largest absolute Gasteiger partial charge is 0.391 e. The molecule has 1 aliphatic rings. The minimum atomic E-state index is -0.480. The Morgan fingerprint density at radius 2 is 2.00 bits per heavy atom. The van der Waals surface area contributed by atoms with Crippen LogP contribution in [0.5, 0.6) is 0 Å². The third kappa shape index (κ3) is 8.17. The van der Waals surface area contributed by atoms with E-state index in [0.29, 0.717) is 38.8 Å². The molecule has 0 heterocycles. The van der Waals surface area contributed by atoms with Crippen LogP contribution in [0.3, 0.4) is 0 Å². The SMILES string of the molecule is COCC(O)CCNCC(O)COC1CCCC(C)C1. The first kappa shape index (κ1) is 17.9. The summed E-state index contributed by atoms with van der Waals surface area (Å²) >= 11 is 0. The molecule has 1 rings (SSSR count). The molecule has 5 heteroatoms. The second kappa shape index (κ2) is 10.5. The first-order valence-electron chi connectivity index (χ1n) is 7.79. The van der Waals surface area contributed by atoms with Gasteiger partial charge in [-0.1, -0.05) is 19.8 Å². The van der Waals surface area contributed by atoms with E-state index in [1.165, 1.54) is 12.8 Å². The maximum Gasteiger partial charge on any atom is 0.0897 e. The topological polar surface area (TPSA) is 71.0 Å². The summed E-state index contributed by atoms with van der Waals surface area (Å²) in [5.74, 6) is 0.742. The van der Waals surface area contributed by atoms with Crippen LogP contribution in [0.2, 0.25) is 0 Å². The zero-order valence-corrected chi connectivity index (χ0v) is 12.9. The van der Waals surface area contributed by atoms with Gasteiger partial charge in [-0.05, 0) is 31.7 Å². The van der Waals surface area contributed by atoms with Crippen molar-refractivity contribution >= 4 is 0 Å². The summed E-state index contributed by atoms with van der Waals surface area (Å²) in [6.45, 7) is 4.18. The molecule has 0 amide bonds. The van der Waals surface area contributed by atoms with E-state index in [9.17, 15) is 10.2 Å². The van der Waals surface area contributed by atoms with Crippen molar-refractivity contribution in [1.29, 1.82) is 0 Å². The molecule has 0 bridgehead atoms. The fourth-order valence-electron chi connectivity index (χ4n) is 2.65. The van der Waals surface area contributed by atoms with Crippen molar-refractivity contribution in [3.05, 3.63) is 0 Å². The van der Waals surface area contributed by atoms with Gasteiger partial charge in [0.15, 0.2) is 0 Å². The summed E-state index contributed by atoms with van der Waals surface area (Å²) < 4.78 is 10.6. The van der Waals surface area contributed by atoms with Gasteiger partial charge >= 0.3 is 0 Å². The summed E-state index contributed by atoms with van der Waals surface area (Å²) in [5.41, 5.74) is 0. The molecule has 20 heavy (non-hydrogen) atoms. The second-order valence-electron chi connectivity index (χ2n) is 5.98. The lowest BCUT2D eigenvalue weighted by molar-refractivity contribution is -0.0308. The van der Waals surface area contributed by atoms with E-state index < -0.39 is 12.2 Å². The molecule has 0 saturated heterocycles. The van der Waals surface area contributed by atoms with Crippen molar-refractivity contribution in [3.8, 4) is 0 Å². The molecule has 4 atom stereocenters. The van der Waals surface area contributed by atoms with Crippen LogP contribution in [-0.2, 0) is 9.47 Å². The van der Waals surface area contributed by atoms with Crippen LogP contribution in [0.4, 0.5) is 0 Å². The van der Waals surface area contributed by atoms with Gasteiger partial charge in [0.1, 0.15) is 0 Å². The highest BCUT2D eigenvalue weighted by Gasteiger charge is 2.20. The lowest BCUT2D eigenvalue weighted by atomic mass is 9.89. The molecule has 0 spiro atoms. The lowest BCUT2D eigenvalue weighted by Gasteiger charge is -2.27. The number of hydrogen-bond donors (Lipinski definition) is 3. The summed E-state index contributed by atoms with van der Waals surface area (Å²) in [4.78, 5) is 0. The van der Waals surface area contributed by atoms with Crippen LogP contribution in [0, 0.1) is 5.92 Å². The van der Waals surface area contributed by atoms with Crippen molar-refractivity contribution in [3.63, 3.8) is 0 Å². The van der Waals surface area contributed by atoms with Gasteiger partial charge in [-0.25, -0.2) is 0 Å². The van der Waals surface area contributed by atoms with Crippen molar-refractivity contribution in [2.45, 2.75) is 57.3 Å². The molecule has 4 unspecified atom stereocenters. The summed E-state index contributed by atoms with van der Waals surface area (Å²) in [5, 5.41) is 22.4. The van der Waals surface area contributed by atoms with Crippen LogP contribution in [0.1, 0.15) is 39.0 Å². The quantitative estimate of drug-likeness (QED) is 0.522. The Morgan fingerprint density at radius 3 is 2.70 bits per heavy atom. The molecular formula is C15H31NO4. The minimum absolute atomic E-state index is 0.317. The average Bonchev–Trinajstić information content (AvgIpc) is 2.42. The molecule has 0 aliphatic heterocycles. The highest BCUT2D eigenvalue weighted by molar-refractivity contribution is 4.71. The van der Waals surface area contributed by atoms with E-state index in [1.807, 2.05) is 0 Å². The predicted molar refractivity (Wildman–Crippen MR) is 78.7 cm³/mol. The normalized spacial score (nSPS) is 26.4. The number of aliphatic hydroxyl groups excluding tert-OH is 2. The molecule has 5 nitrogen and oxygen atoms in total. The molecular weight excluding hydrogens is 258 g/mol. The fourth-order valence-corrected chi connectivity index (χ4v) is 2.65. The summed E-state index contributed by atoms with van der Waals surface area (Å²) in [7, 11) is 1.57. The maximum atomic E-state index is 9.84. The molecule has 3 N–H and O–H groups in total. The van der Waals surface area contributed by atoms with Gasteiger partial charge in [0.2, 0.25) is 0 Å². The second-order valence-corrected chi connectivity index (χ2v) is 5.98. The average molecular weight is 289 g/mol. The highest BCUT2D eigenvalue weighted by Crippen LogP contribution is 2.25. The molecule has 0 aromatic rings. The van der Waals surface area contributed by atoms with Crippen molar-refractivity contribution in [1.82, 2.24) is 5.32 Å². The van der Waals surface area contributed by atoms with Gasteiger partial charge in [-0.3, -0.25) is 0 Å². The van der Waals surface area contributed by atoms with Gasteiger partial charge in [0.05, 0.1) is 31.5 Å². The highest BCUT2D eigenvalue weighted by atomic mass is 16.5. The number of methoxy groups -OCH3 is 1. The van der Waals surface area contributed by atoms with E-state index in [2.05, 4.69) is 12.2 Å². The summed E-state index contributed by atoms with van der Waals surface area (Å²) in [6.07, 6.45) is 4.79. The van der Waals surface area contributed by atoms with Crippen molar-refractivity contribution < 1.29 is 19.7 Å². The standard InChI is InChI=1S/C15H31NO4/c1-12-4-3-5-15(8-12)20-11-14(18)9-16-7-6-13(17)10-19-2/h12-18H,3-11H2,1-2H3. The Balaban J connectivity index is 1.98. The predicted octanol–water partition coefficient (Wildman–Crippen LogP) is 0.930. The van der Waals surface area contributed by atoms with Gasteiger partial charge in [0.25, 0.3) is 0 Å². The number of hydrogen-bond acceptors (Lipinski definition) is 5. The van der Waals surface area contributed by atoms with E-state index in [0.717, 1.165) is 18.8 Å². The van der Waals surface area contributed by atoms with Crippen LogP contribution in [-0.4, -0.2) is 61.9 Å². The number of ether oxygens (including phenoxy) is 2. The van der Waals surface area contributed by atoms with E-state index in [-0.39, 0.29) is 0 Å². The Hall–Kier alpha value is -0.200. The van der Waals surface area contributed by atoms with Crippen LogP contribution in [0.15, 0.2) is 0 Å². The Bertz CT molecular complexity index is 240. The molecule has 0 radical (unpaired) electrons. The number of aliphatic hydroxyl groups is 2. The van der Waals surface area contributed by atoms with E-state index >= 15 is 0 Å². The molecule has 1 saturated carbocycles. The molecule has 1 aliphatic carbocycles. The summed E-state index contributed by atoms with van der Waals surface area (Å²) in [6, 6.07) is 0. The van der Waals surface area contributed by atoms with Crippen LogP contribution >= 0.6 is 0 Å². The molecule has 0 aromatic heterocycles. The number of rotatable bonds is 10. The Kier molecular flexibility index (Phi) is 9.39. The van der Waals surface area contributed by atoms with Gasteiger partial charge in [-0.15, -0.1) is 0 Å². The van der Waals surface area contributed by atoms with Crippen LogP contribution in [0.25, 0.3) is 0 Å². The van der Waals surface area contributed by atoms with Crippen LogP contribution < -0.4 is 5.32 Å². The maximum absolute atomic E-state index is 9.84. The molecule has 0 aromatic carbocycles. The van der Waals surface area contributed by atoms with E-state index in [4.69, 9.17) is 9.47 Å². The molecule has 1 fully saturated rings. The zero-order chi connectivity index (χ0) is 14.8. The third-order valence-corrected chi connectivity index (χ3v) is 3.81. The Morgan fingerprint density at radius 1 is 1.20 bits per heavy atom. The van der Waals surface area contributed by atoms with Gasteiger partial charge < -0.3 is 25.0 Å². The zero-order valence-electron chi connectivity index (χ0n) is 12.9. The third-order valence-electron chi connectivity index (χ3n) is 3.81. The lowest BCUT2D eigenvalue weighted by Crippen LogP contribution is -2.34. The number of nitrogens with one attached hydrogen (secondary N) is 1. The first-order valence-corrected chi connectivity index (χ1v) is 7.79. The smallest absolute Gasteiger partial charge is 0.0897 e. The van der Waals surface area contributed by atoms with E-state index in [1.54, 1.807) is 7.11 Å². The fraction of sp³-hybridized carbons (Fsp3) is 1.00. The van der Waals surface area contributed by atoms with Crippen molar-refractivity contribution in [2.24, 2.45) is 5.92 Å². The molecule has 120 valence electrons. The Labute approximate surface area is 122 Å².